The lowest BCUT2D eigenvalue weighted by molar-refractivity contribution is -0.136. The molecule has 1 atom stereocenters. The van der Waals surface area contributed by atoms with Crippen LogP contribution in [-0.4, -0.2) is 35.8 Å². The van der Waals surface area contributed by atoms with Gasteiger partial charge in [-0.1, -0.05) is 12.1 Å². The molecule has 2 rings (SSSR count). The first kappa shape index (κ1) is 15.0. The van der Waals surface area contributed by atoms with E-state index in [1.807, 2.05) is 30.0 Å². The normalized spacial score (nSPS) is 18.6. The van der Waals surface area contributed by atoms with Crippen LogP contribution < -0.4 is 9.47 Å². The zero-order valence-electron chi connectivity index (χ0n) is 11.6. The molecule has 20 heavy (non-hydrogen) atoms. The Morgan fingerprint density at radius 1 is 1.50 bits per heavy atom. The standard InChI is InChI=1S/C15H20O4S/c1-18-13-6-2-4-11(7-8-14(16)17)15(13)19-12-5-3-9-20-10-12/h2,4,6,12H,3,5,7-10H2,1H3,(H,16,17). The van der Waals surface area contributed by atoms with Gasteiger partial charge in [0.15, 0.2) is 11.5 Å². The van der Waals surface area contributed by atoms with E-state index in [0.717, 1.165) is 24.2 Å². The van der Waals surface area contributed by atoms with Crippen molar-refractivity contribution in [3.8, 4) is 11.5 Å². The number of hydrogen-bond acceptors (Lipinski definition) is 4. The highest BCUT2D eigenvalue weighted by molar-refractivity contribution is 7.99. The first-order valence-corrected chi connectivity index (χ1v) is 7.98. The summed E-state index contributed by atoms with van der Waals surface area (Å²) < 4.78 is 11.5. The topological polar surface area (TPSA) is 55.8 Å². The molecule has 1 aliphatic heterocycles. The first-order valence-electron chi connectivity index (χ1n) is 6.82. The van der Waals surface area contributed by atoms with E-state index in [9.17, 15) is 4.79 Å². The minimum Gasteiger partial charge on any atom is -0.493 e. The van der Waals surface area contributed by atoms with Crippen LogP contribution >= 0.6 is 11.8 Å². The molecule has 0 aliphatic carbocycles. The number of carbonyl (C=O) groups is 1. The summed E-state index contributed by atoms with van der Waals surface area (Å²) in [5.74, 6) is 2.77. The number of para-hydroxylation sites is 1. The van der Waals surface area contributed by atoms with Gasteiger partial charge in [-0.25, -0.2) is 0 Å². The molecule has 1 aliphatic rings. The molecule has 0 bridgehead atoms. The molecule has 110 valence electrons. The second-order valence-electron chi connectivity index (χ2n) is 4.80. The highest BCUT2D eigenvalue weighted by Gasteiger charge is 2.19. The highest BCUT2D eigenvalue weighted by Crippen LogP contribution is 2.34. The lowest BCUT2D eigenvalue weighted by Crippen LogP contribution is -2.24. The number of carboxylic acid groups (broad SMARTS) is 1. The zero-order valence-corrected chi connectivity index (χ0v) is 12.4. The third kappa shape index (κ3) is 4.07. The maximum atomic E-state index is 10.8. The Morgan fingerprint density at radius 3 is 3.00 bits per heavy atom. The molecule has 1 saturated heterocycles. The van der Waals surface area contributed by atoms with E-state index in [1.54, 1.807) is 7.11 Å². The van der Waals surface area contributed by atoms with E-state index >= 15 is 0 Å². The summed E-state index contributed by atoms with van der Waals surface area (Å²) in [5.41, 5.74) is 0.905. The van der Waals surface area contributed by atoms with Gasteiger partial charge in [0.2, 0.25) is 0 Å². The van der Waals surface area contributed by atoms with E-state index in [4.69, 9.17) is 14.6 Å². The molecule has 1 fully saturated rings. The Kier molecular flexibility index (Phi) is 5.59. The molecule has 1 heterocycles. The van der Waals surface area contributed by atoms with E-state index in [0.29, 0.717) is 17.9 Å². The lowest BCUT2D eigenvalue weighted by atomic mass is 10.1. The van der Waals surface area contributed by atoms with E-state index in [-0.39, 0.29) is 12.5 Å². The maximum Gasteiger partial charge on any atom is 0.303 e. The fourth-order valence-electron chi connectivity index (χ4n) is 2.27. The number of hydrogen-bond donors (Lipinski definition) is 1. The number of rotatable bonds is 6. The Balaban J connectivity index is 2.15. The monoisotopic (exact) mass is 296 g/mol. The molecule has 1 aromatic rings. The first-order chi connectivity index (χ1) is 9.70. The van der Waals surface area contributed by atoms with Crippen LogP contribution in [0.3, 0.4) is 0 Å². The quantitative estimate of drug-likeness (QED) is 0.874. The zero-order chi connectivity index (χ0) is 14.4. The highest BCUT2D eigenvalue weighted by atomic mass is 32.2. The van der Waals surface area contributed by atoms with Crippen molar-refractivity contribution in [2.24, 2.45) is 0 Å². The van der Waals surface area contributed by atoms with Crippen LogP contribution in [0, 0.1) is 0 Å². The Labute approximate surface area is 123 Å². The number of benzene rings is 1. The van der Waals surface area contributed by atoms with Crippen molar-refractivity contribution in [2.75, 3.05) is 18.6 Å². The number of aryl methyl sites for hydroxylation is 1. The van der Waals surface area contributed by atoms with Crippen molar-refractivity contribution in [2.45, 2.75) is 31.8 Å². The van der Waals surface area contributed by atoms with Gasteiger partial charge in [0, 0.05) is 12.2 Å². The minimum atomic E-state index is -0.799. The van der Waals surface area contributed by atoms with Gasteiger partial charge in [0.05, 0.1) is 7.11 Å². The maximum absolute atomic E-state index is 10.8. The molecular formula is C15H20O4S. The van der Waals surface area contributed by atoms with Gasteiger partial charge in [-0.3, -0.25) is 4.79 Å². The van der Waals surface area contributed by atoms with Crippen LogP contribution in [0.25, 0.3) is 0 Å². The average Bonchev–Trinajstić information content (AvgIpc) is 2.47. The largest absolute Gasteiger partial charge is 0.493 e. The number of thioether (sulfide) groups is 1. The third-order valence-electron chi connectivity index (χ3n) is 3.29. The van der Waals surface area contributed by atoms with Gasteiger partial charge in [-0.15, -0.1) is 0 Å². The van der Waals surface area contributed by atoms with Gasteiger partial charge in [-0.05, 0) is 36.6 Å². The van der Waals surface area contributed by atoms with E-state index in [2.05, 4.69) is 0 Å². The van der Waals surface area contributed by atoms with Crippen LogP contribution in [-0.2, 0) is 11.2 Å². The van der Waals surface area contributed by atoms with Crippen LogP contribution in [0.5, 0.6) is 11.5 Å². The smallest absolute Gasteiger partial charge is 0.303 e. The summed E-state index contributed by atoms with van der Waals surface area (Å²) >= 11 is 1.90. The van der Waals surface area contributed by atoms with Crippen molar-refractivity contribution in [1.29, 1.82) is 0 Å². The number of carboxylic acids is 1. The van der Waals surface area contributed by atoms with Crippen molar-refractivity contribution in [3.05, 3.63) is 23.8 Å². The summed E-state index contributed by atoms with van der Waals surface area (Å²) in [7, 11) is 1.61. The van der Waals surface area contributed by atoms with Gasteiger partial charge in [-0.2, -0.15) is 11.8 Å². The van der Waals surface area contributed by atoms with Gasteiger partial charge >= 0.3 is 5.97 Å². The number of ether oxygens (including phenoxy) is 2. The van der Waals surface area contributed by atoms with Gasteiger partial charge in [0.25, 0.3) is 0 Å². The van der Waals surface area contributed by atoms with Crippen molar-refractivity contribution >= 4 is 17.7 Å². The van der Waals surface area contributed by atoms with Crippen LogP contribution in [0.15, 0.2) is 18.2 Å². The second kappa shape index (κ2) is 7.43. The molecule has 0 saturated carbocycles. The Hall–Kier alpha value is -1.36. The molecule has 0 amide bonds. The second-order valence-corrected chi connectivity index (χ2v) is 5.95. The Morgan fingerprint density at radius 2 is 2.35 bits per heavy atom. The predicted molar refractivity (Wildman–Crippen MR) is 79.9 cm³/mol. The lowest BCUT2D eigenvalue weighted by Gasteiger charge is -2.25. The molecule has 4 nitrogen and oxygen atoms in total. The summed E-state index contributed by atoms with van der Waals surface area (Å²) in [5, 5.41) is 8.84. The Bertz CT molecular complexity index is 455. The van der Waals surface area contributed by atoms with E-state index in [1.165, 1.54) is 5.75 Å². The summed E-state index contributed by atoms with van der Waals surface area (Å²) in [4.78, 5) is 10.8. The van der Waals surface area contributed by atoms with Crippen LogP contribution in [0.4, 0.5) is 0 Å². The fourth-order valence-corrected chi connectivity index (χ4v) is 3.30. The molecule has 0 aromatic heterocycles. The molecule has 1 unspecified atom stereocenters. The molecular weight excluding hydrogens is 276 g/mol. The molecule has 0 radical (unpaired) electrons. The van der Waals surface area contributed by atoms with E-state index < -0.39 is 5.97 Å². The fraction of sp³-hybridized carbons (Fsp3) is 0.533. The van der Waals surface area contributed by atoms with Crippen molar-refractivity contribution in [1.82, 2.24) is 0 Å². The van der Waals surface area contributed by atoms with Crippen molar-refractivity contribution < 1.29 is 19.4 Å². The SMILES string of the molecule is COc1cccc(CCC(=O)O)c1OC1CCCSC1. The summed E-state index contributed by atoms with van der Waals surface area (Å²) in [6, 6.07) is 5.64. The third-order valence-corrected chi connectivity index (χ3v) is 4.48. The van der Waals surface area contributed by atoms with Crippen LogP contribution in [0.2, 0.25) is 0 Å². The van der Waals surface area contributed by atoms with Gasteiger partial charge < -0.3 is 14.6 Å². The summed E-state index contributed by atoms with van der Waals surface area (Å²) in [6.07, 6.45) is 2.96. The molecule has 5 heteroatoms. The number of aliphatic carboxylic acids is 1. The average molecular weight is 296 g/mol. The molecule has 0 spiro atoms. The molecule has 1 N–H and O–H groups in total. The molecule has 1 aromatic carbocycles. The van der Waals surface area contributed by atoms with Crippen LogP contribution in [0.1, 0.15) is 24.8 Å². The summed E-state index contributed by atoms with van der Waals surface area (Å²) in [6.45, 7) is 0. The minimum absolute atomic E-state index is 0.100. The number of methoxy groups -OCH3 is 1. The predicted octanol–water partition coefficient (Wildman–Crippen LogP) is 2.99. The van der Waals surface area contributed by atoms with Gasteiger partial charge in [0.1, 0.15) is 6.10 Å². The van der Waals surface area contributed by atoms with Crippen molar-refractivity contribution in [3.63, 3.8) is 0 Å².